The standard InChI is InChI=1S/C14H13BrO5/c1-2-19-14(18)13(17)10-5-6-20-11-7-8(15)3-4-9(11)12(10)16/h3-4,7,10H,2,5-6H2,1H3. The van der Waals surface area contributed by atoms with Crippen LogP contribution in [0.2, 0.25) is 0 Å². The Hall–Kier alpha value is -1.69. The molecule has 1 aromatic carbocycles. The van der Waals surface area contributed by atoms with E-state index in [1.165, 1.54) is 0 Å². The lowest BCUT2D eigenvalue weighted by molar-refractivity contribution is -0.154. The minimum absolute atomic E-state index is 0.103. The number of rotatable bonds is 3. The van der Waals surface area contributed by atoms with Crippen molar-refractivity contribution in [2.24, 2.45) is 5.92 Å². The fourth-order valence-electron chi connectivity index (χ4n) is 2.02. The van der Waals surface area contributed by atoms with Gasteiger partial charge in [-0.15, -0.1) is 0 Å². The van der Waals surface area contributed by atoms with Crippen LogP contribution in [0.1, 0.15) is 23.7 Å². The molecule has 0 bridgehead atoms. The second-order valence-electron chi connectivity index (χ2n) is 4.28. The molecular formula is C14H13BrO5. The average Bonchev–Trinajstić information content (AvgIpc) is 2.57. The lowest BCUT2D eigenvalue weighted by Gasteiger charge is -2.10. The van der Waals surface area contributed by atoms with Crippen LogP contribution in [0.25, 0.3) is 0 Å². The summed E-state index contributed by atoms with van der Waals surface area (Å²) in [6.07, 6.45) is 0.169. The predicted molar refractivity (Wildman–Crippen MR) is 73.7 cm³/mol. The number of esters is 1. The third-order valence-electron chi connectivity index (χ3n) is 2.98. The number of benzene rings is 1. The van der Waals surface area contributed by atoms with Gasteiger partial charge in [-0.2, -0.15) is 0 Å². The lowest BCUT2D eigenvalue weighted by atomic mass is 9.91. The highest BCUT2D eigenvalue weighted by Gasteiger charge is 2.36. The minimum Gasteiger partial charge on any atom is -0.493 e. The summed E-state index contributed by atoms with van der Waals surface area (Å²) in [6.45, 7) is 1.91. The summed E-state index contributed by atoms with van der Waals surface area (Å²) in [5.74, 6) is -2.79. The predicted octanol–water partition coefficient (Wildman–Crippen LogP) is 2.16. The van der Waals surface area contributed by atoms with Gasteiger partial charge in [0.05, 0.1) is 24.7 Å². The summed E-state index contributed by atoms with van der Waals surface area (Å²) < 4.78 is 10.9. The molecule has 1 atom stereocenters. The van der Waals surface area contributed by atoms with Gasteiger partial charge in [0.25, 0.3) is 5.78 Å². The molecule has 0 spiro atoms. The first-order valence-electron chi connectivity index (χ1n) is 6.22. The van der Waals surface area contributed by atoms with Gasteiger partial charge in [-0.05, 0) is 31.5 Å². The summed E-state index contributed by atoms with van der Waals surface area (Å²) in [5, 5.41) is 0. The van der Waals surface area contributed by atoms with Crippen LogP contribution in [0.15, 0.2) is 22.7 Å². The van der Waals surface area contributed by atoms with Crippen LogP contribution in [0.4, 0.5) is 0 Å². The number of fused-ring (bicyclic) bond motifs is 1. The monoisotopic (exact) mass is 340 g/mol. The topological polar surface area (TPSA) is 69.7 Å². The van der Waals surface area contributed by atoms with Gasteiger partial charge in [0.2, 0.25) is 0 Å². The maximum atomic E-state index is 12.4. The van der Waals surface area contributed by atoms with E-state index in [1.807, 2.05) is 0 Å². The smallest absolute Gasteiger partial charge is 0.375 e. The Bertz CT molecular complexity index is 567. The maximum Gasteiger partial charge on any atom is 0.375 e. The zero-order valence-corrected chi connectivity index (χ0v) is 12.4. The van der Waals surface area contributed by atoms with Crippen molar-refractivity contribution in [2.75, 3.05) is 13.2 Å². The second-order valence-corrected chi connectivity index (χ2v) is 5.19. The Morgan fingerprint density at radius 3 is 2.90 bits per heavy atom. The molecule has 0 aliphatic carbocycles. The zero-order valence-electron chi connectivity index (χ0n) is 10.8. The molecule has 0 fully saturated rings. The minimum atomic E-state index is -1.03. The molecule has 2 rings (SSSR count). The van der Waals surface area contributed by atoms with E-state index < -0.39 is 23.5 Å². The van der Waals surface area contributed by atoms with Crippen LogP contribution in [-0.2, 0) is 14.3 Å². The van der Waals surface area contributed by atoms with E-state index in [4.69, 9.17) is 4.74 Å². The third-order valence-corrected chi connectivity index (χ3v) is 3.48. The van der Waals surface area contributed by atoms with Gasteiger partial charge in [0.1, 0.15) is 5.75 Å². The first-order valence-corrected chi connectivity index (χ1v) is 7.01. The first kappa shape index (κ1) is 14.7. The molecule has 1 heterocycles. The molecule has 1 unspecified atom stereocenters. The molecule has 106 valence electrons. The largest absolute Gasteiger partial charge is 0.493 e. The SMILES string of the molecule is CCOC(=O)C(=O)C1CCOc2cc(Br)ccc2C1=O. The Balaban J connectivity index is 2.30. The van der Waals surface area contributed by atoms with Gasteiger partial charge in [0.15, 0.2) is 5.78 Å². The van der Waals surface area contributed by atoms with E-state index in [1.54, 1.807) is 25.1 Å². The maximum absolute atomic E-state index is 12.4. The van der Waals surface area contributed by atoms with Crippen LogP contribution in [0, 0.1) is 5.92 Å². The highest BCUT2D eigenvalue weighted by molar-refractivity contribution is 9.10. The van der Waals surface area contributed by atoms with Crippen molar-refractivity contribution >= 4 is 33.5 Å². The molecular weight excluding hydrogens is 328 g/mol. The molecule has 6 heteroatoms. The number of halogens is 1. The lowest BCUT2D eigenvalue weighted by Crippen LogP contribution is -2.31. The number of ether oxygens (including phenoxy) is 2. The van der Waals surface area contributed by atoms with E-state index in [2.05, 4.69) is 20.7 Å². The Morgan fingerprint density at radius 1 is 1.45 bits per heavy atom. The van der Waals surface area contributed by atoms with Gasteiger partial charge < -0.3 is 9.47 Å². The van der Waals surface area contributed by atoms with Gasteiger partial charge in [-0.3, -0.25) is 9.59 Å². The van der Waals surface area contributed by atoms with Crippen molar-refractivity contribution in [1.82, 2.24) is 0 Å². The summed E-state index contributed by atoms with van der Waals surface area (Å²) in [7, 11) is 0. The molecule has 0 aromatic heterocycles. The van der Waals surface area contributed by atoms with Crippen LogP contribution in [0.3, 0.4) is 0 Å². The number of ketones is 2. The van der Waals surface area contributed by atoms with Crippen LogP contribution in [-0.4, -0.2) is 30.7 Å². The van der Waals surface area contributed by atoms with Crippen molar-refractivity contribution in [3.63, 3.8) is 0 Å². The second kappa shape index (κ2) is 6.17. The molecule has 5 nitrogen and oxygen atoms in total. The number of Topliss-reactive ketones (excluding diaryl/α,β-unsaturated/α-hetero) is 2. The van der Waals surface area contributed by atoms with Crippen molar-refractivity contribution < 1.29 is 23.9 Å². The van der Waals surface area contributed by atoms with Gasteiger partial charge >= 0.3 is 5.97 Å². The molecule has 1 aromatic rings. The number of hydrogen-bond donors (Lipinski definition) is 0. The van der Waals surface area contributed by atoms with Crippen molar-refractivity contribution in [1.29, 1.82) is 0 Å². The first-order chi connectivity index (χ1) is 9.54. The van der Waals surface area contributed by atoms with Gasteiger partial charge in [0, 0.05) is 4.47 Å². The summed E-state index contributed by atoms with van der Waals surface area (Å²) in [5.41, 5.74) is 0.313. The Morgan fingerprint density at radius 2 is 2.20 bits per heavy atom. The molecule has 0 amide bonds. The fourth-order valence-corrected chi connectivity index (χ4v) is 2.36. The van der Waals surface area contributed by atoms with Crippen LogP contribution < -0.4 is 4.74 Å². The van der Waals surface area contributed by atoms with E-state index in [0.717, 1.165) is 4.47 Å². The van der Waals surface area contributed by atoms with Gasteiger partial charge in [-0.25, -0.2) is 4.79 Å². The zero-order chi connectivity index (χ0) is 14.7. The van der Waals surface area contributed by atoms with E-state index in [9.17, 15) is 14.4 Å². The van der Waals surface area contributed by atoms with E-state index in [0.29, 0.717) is 11.3 Å². The summed E-state index contributed by atoms with van der Waals surface area (Å²) in [6, 6.07) is 4.94. The van der Waals surface area contributed by atoms with E-state index >= 15 is 0 Å². The highest BCUT2D eigenvalue weighted by atomic mass is 79.9. The molecule has 0 saturated heterocycles. The molecule has 0 radical (unpaired) electrons. The average molecular weight is 341 g/mol. The van der Waals surface area contributed by atoms with Crippen LogP contribution >= 0.6 is 15.9 Å². The molecule has 1 aliphatic heterocycles. The molecule has 1 aliphatic rings. The normalized spacial score (nSPS) is 17.7. The third kappa shape index (κ3) is 2.90. The summed E-state index contributed by atoms with van der Waals surface area (Å²) in [4.78, 5) is 35.8. The number of carbonyl (C=O) groups is 3. The van der Waals surface area contributed by atoms with Gasteiger partial charge in [-0.1, -0.05) is 15.9 Å². The van der Waals surface area contributed by atoms with Crippen molar-refractivity contribution in [3.05, 3.63) is 28.2 Å². The Labute approximate surface area is 124 Å². The van der Waals surface area contributed by atoms with Crippen molar-refractivity contribution in [2.45, 2.75) is 13.3 Å². The summed E-state index contributed by atoms with van der Waals surface area (Å²) >= 11 is 3.29. The molecule has 0 saturated carbocycles. The number of carbonyl (C=O) groups excluding carboxylic acids is 3. The van der Waals surface area contributed by atoms with Crippen molar-refractivity contribution in [3.8, 4) is 5.75 Å². The number of hydrogen-bond acceptors (Lipinski definition) is 5. The molecule has 20 heavy (non-hydrogen) atoms. The van der Waals surface area contributed by atoms with Crippen LogP contribution in [0.5, 0.6) is 5.75 Å². The quantitative estimate of drug-likeness (QED) is 0.479. The van der Waals surface area contributed by atoms with E-state index in [-0.39, 0.29) is 19.6 Å². The highest BCUT2D eigenvalue weighted by Crippen LogP contribution is 2.30. The molecule has 0 N–H and O–H groups in total. The Kier molecular flexibility index (Phi) is 4.54. The fraction of sp³-hybridized carbons (Fsp3) is 0.357.